The SMILES string of the molecule is CC(C)N1C[C@@]2(CCN(Cc3cccnc3)C2)Oc2ccccc2S1(=O)=O. The number of rotatable bonds is 3. The van der Waals surface area contributed by atoms with Crippen LogP contribution < -0.4 is 4.74 Å². The molecular weight excluding hydrogens is 362 g/mol. The highest BCUT2D eigenvalue weighted by atomic mass is 32.2. The summed E-state index contributed by atoms with van der Waals surface area (Å²) in [7, 11) is -3.58. The zero-order valence-electron chi connectivity index (χ0n) is 15.7. The first-order valence-electron chi connectivity index (χ1n) is 9.31. The standard InChI is InChI=1S/C20H25N3O3S/c1-16(2)23-15-20(26-18-7-3-4-8-19(18)27(23,24)25)9-11-22(14-20)13-17-6-5-10-21-12-17/h3-8,10,12,16H,9,11,13-15H2,1-2H3/t20-/m0/s1. The van der Waals surface area contributed by atoms with Gasteiger partial charge >= 0.3 is 0 Å². The molecule has 2 aromatic rings. The summed E-state index contributed by atoms with van der Waals surface area (Å²) in [6.07, 6.45) is 4.44. The molecule has 1 spiro atoms. The number of nitrogens with zero attached hydrogens (tertiary/aromatic N) is 3. The number of likely N-dealkylation sites (tertiary alicyclic amines) is 1. The molecule has 1 aromatic heterocycles. The summed E-state index contributed by atoms with van der Waals surface area (Å²) in [5, 5.41) is 0. The van der Waals surface area contributed by atoms with Crippen LogP contribution in [0.1, 0.15) is 25.8 Å². The van der Waals surface area contributed by atoms with Crippen molar-refractivity contribution in [1.29, 1.82) is 0 Å². The topological polar surface area (TPSA) is 62.7 Å². The van der Waals surface area contributed by atoms with E-state index < -0.39 is 15.6 Å². The van der Waals surface area contributed by atoms with Crippen molar-refractivity contribution in [2.45, 2.75) is 43.4 Å². The van der Waals surface area contributed by atoms with Crippen LogP contribution in [0.25, 0.3) is 0 Å². The zero-order chi connectivity index (χ0) is 19.1. The molecule has 4 rings (SSSR count). The highest BCUT2D eigenvalue weighted by Crippen LogP contribution is 2.39. The van der Waals surface area contributed by atoms with Crippen molar-refractivity contribution < 1.29 is 13.2 Å². The largest absolute Gasteiger partial charge is 0.483 e. The number of para-hydroxylation sites is 1. The molecule has 1 fully saturated rings. The van der Waals surface area contributed by atoms with Crippen LogP contribution in [-0.2, 0) is 16.6 Å². The van der Waals surface area contributed by atoms with Crippen LogP contribution in [0.3, 0.4) is 0 Å². The first-order valence-corrected chi connectivity index (χ1v) is 10.7. The summed E-state index contributed by atoms with van der Waals surface area (Å²) < 4.78 is 34.4. The van der Waals surface area contributed by atoms with E-state index in [9.17, 15) is 8.42 Å². The van der Waals surface area contributed by atoms with Crippen molar-refractivity contribution in [2.24, 2.45) is 0 Å². The Bertz CT molecular complexity index is 917. The Morgan fingerprint density at radius 2 is 2.00 bits per heavy atom. The van der Waals surface area contributed by atoms with Gasteiger partial charge in [0.15, 0.2) is 0 Å². The number of pyridine rings is 1. The third-order valence-corrected chi connectivity index (χ3v) is 7.37. The lowest BCUT2D eigenvalue weighted by Crippen LogP contribution is -2.51. The van der Waals surface area contributed by atoms with Gasteiger partial charge in [0.25, 0.3) is 0 Å². The van der Waals surface area contributed by atoms with Crippen LogP contribution in [0.2, 0.25) is 0 Å². The number of aromatic nitrogens is 1. The molecule has 27 heavy (non-hydrogen) atoms. The van der Waals surface area contributed by atoms with Gasteiger partial charge in [0.05, 0.1) is 6.54 Å². The number of fused-ring (bicyclic) bond motifs is 1. The van der Waals surface area contributed by atoms with E-state index in [0.717, 1.165) is 25.1 Å². The van der Waals surface area contributed by atoms with Crippen LogP contribution in [0.15, 0.2) is 53.7 Å². The minimum Gasteiger partial charge on any atom is -0.483 e. The first-order chi connectivity index (χ1) is 12.9. The minimum atomic E-state index is -3.58. The van der Waals surface area contributed by atoms with Gasteiger partial charge in [-0.2, -0.15) is 4.31 Å². The normalized spacial score (nSPS) is 25.3. The molecule has 1 saturated heterocycles. The Balaban J connectivity index is 1.66. The quantitative estimate of drug-likeness (QED) is 0.810. The van der Waals surface area contributed by atoms with Gasteiger partial charge in [0.2, 0.25) is 10.0 Å². The van der Waals surface area contributed by atoms with Gasteiger partial charge in [-0.3, -0.25) is 9.88 Å². The molecule has 2 aliphatic heterocycles. The fourth-order valence-corrected chi connectivity index (χ4v) is 5.82. The van der Waals surface area contributed by atoms with Gasteiger partial charge in [-0.05, 0) is 37.6 Å². The average Bonchev–Trinajstić information content (AvgIpc) is 2.98. The summed E-state index contributed by atoms with van der Waals surface area (Å²) in [6.45, 7) is 6.54. The maximum Gasteiger partial charge on any atom is 0.247 e. The fraction of sp³-hybridized carbons (Fsp3) is 0.450. The Morgan fingerprint density at radius 3 is 2.74 bits per heavy atom. The van der Waals surface area contributed by atoms with Crippen LogP contribution in [0.4, 0.5) is 0 Å². The molecule has 1 atom stereocenters. The molecule has 0 bridgehead atoms. The molecule has 2 aliphatic rings. The molecule has 0 unspecified atom stereocenters. The average molecular weight is 388 g/mol. The minimum absolute atomic E-state index is 0.131. The van der Waals surface area contributed by atoms with Crippen molar-refractivity contribution in [3.05, 3.63) is 54.4 Å². The Labute approximate surface area is 160 Å². The molecule has 0 radical (unpaired) electrons. The molecular formula is C20H25N3O3S. The molecule has 144 valence electrons. The monoisotopic (exact) mass is 387 g/mol. The van der Waals surface area contributed by atoms with Crippen LogP contribution in [-0.4, -0.2) is 53.9 Å². The van der Waals surface area contributed by atoms with Crippen molar-refractivity contribution in [2.75, 3.05) is 19.6 Å². The summed E-state index contributed by atoms with van der Waals surface area (Å²) >= 11 is 0. The first kappa shape index (κ1) is 18.4. The number of ether oxygens (including phenoxy) is 1. The fourth-order valence-electron chi connectivity index (χ4n) is 3.99. The van der Waals surface area contributed by atoms with Gasteiger partial charge in [-0.15, -0.1) is 0 Å². The van der Waals surface area contributed by atoms with E-state index in [1.807, 2.05) is 32.2 Å². The van der Waals surface area contributed by atoms with E-state index in [4.69, 9.17) is 4.74 Å². The van der Waals surface area contributed by atoms with E-state index in [1.54, 1.807) is 28.7 Å². The Morgan fingerprint density at radius 1 is 1.19 bits per heavy atom. The van der Waals surface area contributed by atoms with Crippen LogP contribution >= 0.6 is 0 Å². The summed E-state index contributed by atoms with van der Waals surface area (Å²) in [6, 6.07) is 10.9. The Kier molecular flexibility index (Phi) is 4.70. The van der Waals surface area contributed by atoms with Crippen LogP contribution in [0, 0.1) is 0 Å². The van der Waals surface area contributed by atoms with Gasteiger partial charge < -0.3 is 4.74 Å². The lowest BCUT2D eigenvalue weighted by Gasteiger charge is -2.33. The Hall–Kier alpha value is -1.96. The van der Waals surface area contributed by atoms with Gasteiger partial charge in [0.1, 0.15) is 16.2 Å². The maximum absolute atomic E-state index is 13.2. The molecule has 0 N–H and O–H groups in total. The summed E-state index contributed by atoms with van der Waals surface area (Å²) in [5.74, 6) is 0.462. The van der Waals surface area contributed by atoms with E-state index in [1.165, 1.54) is 0 Å². The number of benzene rings is 1. The molecule has 3 heterocycles. The summed E-state index contributed by atoms with van der Waals surface area (Å²) in [4.78, 5) is 6.76. The molecule has 7 heteroatoms. The lowest BCUT2D eigenvalue weighted by atomic mass is 10.0. The highest BCUT2D eigenvalue weighted by molar-refractivity contribution is 7.89. The van der Waals surface area contributed by atoms with Crippen molar-refractivity contribution in [1.82, 2.24) is 14.2 Å². The highest BCUT2D eigenvalue weighted by Gasteiger charge is 2.48. The molecule has 1 aromatic carbocycles. The number of hydrogen-bond donors (Lipinski definition) is 0. The molecule has 0 amide bonds. The van der Waals surface area contributed by atoms with Crippen molar-refractivity contribution >= 4 is 10.0 Å². The third-order valence-electron chi connectivity index (χ3n) is 5.31. The second kappa shape index (κ2) is 6.89. The second-order valence-corrected chi connectivity index (χ2v) is 9.56. The van der Waals surface area contributed by atoms with E-state index in [2.05, 4.69) is 16.0 Å². The van der Waals surface area contributed by atoms with Crippen LogP contribution in [0.5, 0.6) is 5.75 Å². The molecule has 6 nitrogen and oxygen atoms in total. The molecule has 0 saturated carbocycles. The number of hydrogen-bond acceptors (Lipinski definition) is 5. The zero-order valence-corrected chi connectivity index (χ0v) is 16.5. The van der Waals surface area contributed by atoms with Gasteiger partial charge in [-0.25, -0.2) is 8.42 Å². The third kappa shape index (κ3) is 3.47. The van der Waals surface area contributed by atoms with E-state index in [-0.39, 0.29) is 10.9 Å². The van der Waals surface area contributed by atoms with Gasteiger partial charge in [0, 0.05) is 44.5 Å². The van der Waals surface area contributed by atoms with Gasteiger partial charge in [-0.1, -0.05) is 18.2 Å². The smallest absolute Gasteiger partial charge is 0.247 e. The van der Waals surface area contributed by atoms with Crippen molar-refractivity contribution in [3.63, 3.8) is 0 Å². The number of sulfonamides is 1. The maximum atomic E-state index is 13.2. The lowest BCUT2D eigenvalue weighted by molar-refractivity contribution is 0.0532. The molecule has 0 aliphatic carbocycles. The van der Waals surface area contributed by atoms with Crippen molar-refractivity contribution in [3.8, 4) is 5.75 Å². The predicted molar refractivity (Wildman–Crippen MR) is 103 cm³/mol. The van der Waals surface area contributed by atoms with E-state index >= 15 is 0 Å². The predicted octanol–water partition coefficient (Wildman–Crippen LogP) is 2.52. The van der Waals surface area contributed by atoms with E-state index in [0.29, 0.717) is 18.8 Å². The second-order valence-electron chi connectivity index (χ2n) is 7.70. The summed E-state index contributed by atoms with van der Waals surface area (Å²) in [5.41, 5.74) is 0.614.